The fraction of sp³-hybridized carbons (Fsp3) is 0.190. The van der Waals surface area contributed by atoms with Crippen molar-refractivity contribution in [1.29, 1.82) is 0 Å². The Labute approximate surface area is 157 Å². The summed E-state index contributed by atoms with van der Waals surface area (Å²) in [5.74, 6) is -0.385. The van der Waals surface area contributed by atoms with Crippen LogP contribution in [0.3, 0.4) is 0 Å². The highest BCUT2D eigenvalue weighted by Gasteiger charge is 2.20. The molecular weight excluding hydrogens is 344 g/mol. The first-order valence-corrected chi connectivity index (χ1v) is 8.67. The van der Waals surface area contributed by atoms with E-state index in [1.54, 1.807) is 25.1 Å². The molecule has 0 aliphatic carbocycles. The largest absolute Gasteiger partial charge is 0.461 e. The molecule has 3 rings (SSSR count). The van der Waals surface area contributed by atoms with Gasteiger partial charge in [0.15, 0.2) is 0 Å². The summed E-state index contributed by atoms with van der Waals surface area (Å²) < 4.78 is 7.13. The zero-order valence-corrected chi connectivity index (χ0v) is 15.2. The molecule has 0 atom stereocenters. The Bertz CT molecular complexity index is 960. The molecule has 0 bridgehead atoms. The number of rotatable bonds is 6. The van der Waals surface area contributed by atoms with Crippen LogP contribution >= 0.6 is 0 Å². The molecule has 0 aliphatic heterocycles. The fourth-order valence-corrected chi connectivity index (χ4v) is 3.04. The average molecular weight is 364 g/mol. The maximum absolute atomic E-state index is 12.5. The normalized spacial score (nSPS) is 10.6. The number of nitrogens with zero attached hydrogens (tertiary/aromatic N) is 2. The molecule has 0 saturated carbocycles. The van der Waals surface area contributed by atoms with Gasteiger partial charge in [-0.1, -0.05) is 30.3 Å². The Morgan fingerprint density at radius 1 is 1.11 bits per heavy atom. The van der Waals surface area contributed by atoms with Crippen LogP contribution in [0, 0.1) is 17.0 Å². The zero-order valence-electron chi connectivity index (χ0n) is 15.2. The molecule has 3 aromatic rings. The number of non-ortho nitro benzene ring substituents is 1. The lowest BCUT2D eigenvalue weighted by Gasteiger charge is -2.11. The Balaban J connectivity index is 2.05. The van der Waals surface area contributed by atoms with Crippen molar-refractivity contribution in [2.75, 3.05) is 6.61 Å². The lowest BCUT2D eigenvalue weighted by molar-refractivity contribution is -0.384. The molecule has 138 valence electrons. The van der Waals surface area contributed by atoms with E-state index in [0.717, 1.165) is 22.4 Å². The molecule has 0 fully saturated rings. The van der Waals surface area contributed by atoms with Crippen LogP contribution in [0.4, 0.5) is 5.69 Å². The lowest BCUT2D eigenvalue weighted by Crippen LogP contribution is -2.13. The van der Waals surface area contributed by atoms with E-state index in [0.29, 0.717) is 18.8 Å². The molecule has 27 heavy (non-hydrogen) atoms. The van der Waals surface area contributed by atoms with E-state index in [-0.39, 0.29) is 11.7 Å². The zero-order chi connectivity index (χ0) is 19.4. The van der Waals surface area contributed by atoms with E-state index in [1.807, 2.05) is 41.8 Å². The first-order valence-electron chi connectivity index (χ1n) is 8.67. The van der Waals surface area contributed by atoms with Crippen molar-refractivity contribution in [3.63, 3.8) is 0 Å². The van der Waals surface area contributed by atoms with E-state index < -0.39 is 4.92 Å². The van der Waals surface area contributed by atoms with Gasteiger partial charge in [-0.05, 0) is 43.2 Å². The number of nitro groups is 1. The summed E-state index contributed by atoms with van der Waals surface area (Å²) in [6.45, 7) is 4.53. The van der Waals surface area contributed by atoms with Gasteiger partial charge in [-0.2, -0.15) is 0 Å². The van der Waals surface area contributed by atoms with Crippen LogP contribution in [0.15, 0.2) is 60.7 Å². The van der Waals surface area contributed by atoms with Crippen molar-refractivity contribution in [2.24, 2.45) is 0 Å². The molecule has 6 nitrogen and oxygen atoms in total. The number of ether oxygens (including phenoxy) is 1. The second kappa shape index (κ2) is 7.86. The van der Waals surface area contributed by atoms with Crippen LogP contribution in [0.5, 0.6) is 0 Å². The van der Waals surface area contributed by atoms with Crippen LogP contribution in [-0.2, 0) is 11.3 Å². The van der Waals surface area contributed by atoms with Gasteiger partial charge in [-0.25, -0.2) is 4.79 Å². The second-order valence-corrected chi connectivity index (χ2v) is 6.12. The van der Waals surface area contributed by atoms with Crippen LogP contribution in [0.1, 0.15) is 28.7 Å². The summed E-state index contributed by atoms with van der Waals surface area (Å²) >= 11 is 0. The van der Waals surface area contributed by atoms with Crippen molar-refractivity contribution in [2.45, 2.75) is 20.4 Å². The minimum atomic E-state index is -0.429. The SMILES string of the molecule is CCOC(=O)c1cc(-c2ccc([N+](=O)[O-])cc2)c(C)n1Cc1ccccc1. The summed E-state index contributed by atoms with van der Waals surface area (Å²) in [4.78, 5) is 22.9. The lowest BCUT2D eigenvalue weighted by atomic mass is 10.1. The first-order chi connectivity index (χ1) is 13.0. The van der Waals surface area contributed by atoms with E-state index in [9.17, 15) is 14.9 Å². The van der Waals surface area contributed by atoms with Crippen LogP contribution in [-0.4, -0.2) is 22.1 Å². The Morgan fingerprint density at radius 3 is 2.37 bits per heavy atom. The van der Waals surface area contributed by atoms with E-state index in [2.05, 4.69) is 0 Å². The molecule has 0 amide bonds. The summed E-state index contributed by atoms with van der Waals surface area (Å²) in [6, 6.07) is 18.0. The van der Waals surface area contributed by atoms with Gasteiger partial charge in [0.1, 0.15) is 5.69 Å². The Morgan fingerprint density at radius 2 is 1.78 bits per heavy atom. The van der Waals surface area contributed by atoms with E-state index in [4.69, 9.17) is 4.74 Å². The highest BCUT2D eigenvalue weighted by Crippen LogP contribution is 2.29. The average Bonchev–Trinajstić information content (AvgIpc) is 2.99. The molecule has 0 N–H and O–H groups in total. The number of aromatic nitrogens is 1. The van der Waals surface area contributed by atoms with Crippen LogP contribution in [0.2, 0.25) is 0 Å². The van der Waals surface area contributed by atoms with Gasteiger partial charge in [0.05, 0.1) is 11.5 Å². The number of nitro benzene ring substituents is 1. The standard InChI is InChI=1S/C21H20N2O4/c1-3-27-21(24)20-13-19(17-9-11-18(12-10-17)23(25)26)15(2)22(20)14-16-7-5-4-6-8-16/h4-13H,3,14H2,1-2H3. The summed E-state index contributed by atoms with van der Waals surface area (Å²) in [7, 11) is 0. The molecule has 0 unspecified atom stereocenters. The number of benzene rings is 2. The molecule has 2 aromatic carbocycles. The van der Waals surface area contributed by atoms with E-state index in [1.165, 1.54) is 12.1 Å². The second-order valence-electron chi connectivity index (χ2n) is 6.12. The number of hydrogen-bond acceptors (Lipinski definition) is 4. The Hall–Kier alpha value is -3.41. The first kappa shape index (κ1) is 18.4. The molecule has 0 spiro atoms. The molecule has 1 aromatic heterocycles. The number of carbonyl (C=O) groups is 1. The van der Waals surface area contributed by atoms with Crippen molar-refractivity contribution in [3.05, 3.63) is 87.7 Å². The minimum Gasteiger partial charge on any atom is -0.461 e. The predicted octanol–water partition coefficient (Wildman–Crippen LogP) is 4.60. The molecular formula is C21H20N2O4. The van der Waals surface area contributed by atoms with Gasteiger partial charge < -0.3 is 9.30 Å². The van der Waals surface area contributed by atoms with Crippen molar-refractivity contribution in [1.82, 2.24) is 4.57 Å². The molecule has 0 radical (unpaired) electrons. The van der Waals surface area contributed by atoms with Gasteiger partial charge in [0.25, 0.3) is 5.69 Å². The van der Waals surface area contributed by atoms with Crippen molar-refractivity contribution >= 4 is 11.7 Å². The summed E-state index contributed by atoms with van der Waals surface area (Å²) in [5, 5.41) is 10.9. The predicted molar refractivity (Wildman–Crippen MR) is 103 cm³/mol. The number of esters is 1. The topological polar surface area (TPSA) is 74.4 Å². The van der Waals surface area contributed by atoms with Crippen LogP contribution < -0.4 is 0 Å². The number of hydrogen-bond donors (Lipinski definition) is 0. The van der Waals surface area contributed by atoms with Gasteiger partial charge in [0.2, 0.25) is 0 Å². The molecule has 0 aliphatic rings. The Kier molecular flexibility index (Phi) is 5.35. The molecule has 0 saturated heterocycles. The summed E-state index contributed by atoms with van der Waals surface area (Å²) in [6.07, 6.45) is 0. The fourth-order valence-electron chi connectivity index (χ4n) is 3.04. The number of carbonyl (C=O) groups excluding carboxylic acids is 1. The van der Waals surface area contributed by atoms with Gasteiger partial charge in [-0.15, -0.1) is 0 Å². The maximum atomic E-state index is 12.5. The van der Waals surface area contributed by atoms with Crippen LogP contribution in [0.25, 0.3) is 11.1 Å². The quantitative estimate of drug-likeness (QED) is 0.364. The third kappa shape index (κ3) is 3.89. The monoisotopic (exact) mass is 364 g/mol. The van der Waals surface area contributed by atoms with Gasteiger partial charge in [-0.3, -0.25) is 10.1 Å². The third-order valence-corrected chi connectivity index (χ3v) is 4.42. The van der Waals surface area contributed by atoms with Crippen molar-refractivity contribution in [3.8, 4) is 11.1 Å². The third-order valence-electron chi connectivity index (χ3n) is 4.42. The smallest absolute Gasteiger partial charge is 0.354 e. The van der Waals surface area contributed by atoms with Crippen molar-refractivity contribution < 1.29 is 14.5 Å². The molecule has 1 heterocycles. The maximum Gasteiger partial charge on any atom is 0.354 e. The van der Waals surface area contributed by atoms with Gasteiger partial charge in [0, 0.05) is 29.9 Å². The van der Waals surface area contributed by atoms with E-state index >= 15 is 0 Å². The highest BCUT2D eigenvalue weighted by atomic mass is 16.6. The summed E-state index contributed by atoms with van der Waals surface area (Å²) in [5.41, 5.74) is 4.13. The minimum absolute atomic E-state index is 0.0331. The van der Waals surface area contributed by atoms with Gasteiger partial charge >= 0.3 is 5.97 Å². The molecule has 6 heteroatoms. The highest BCUT2D eigenvalue weighted by molar-refractivity contribution is 5.90.